The van der Waals surface area contributed by atoms with Gasteiger partial charge in [0.2, 0.25) is 5.91 Å². The second-order valence-electron chi connectivity index (χ2n) is 7.05. The molecule has 5 nitrogen and oxygen atoms in total. The Bertz CT molecular complexity index is 570. The van der Waals surface area contributed by atoms with E-state index in [0.717, 1.165) is 55.7 Å². The maximum Gasteiger partial charge on any atom is 0.224 e. The summed E-state index contributed by atoms with van der Waals surface area (Å²) in [5.41, 5.74) is 7.91. The minimum atomic E-state index is 0.0168. The molecule has 1 amide bonds. The number of benzene rings is 1. The van der Waals surface area contributed by atoms with Crippen LogP contribution >= 0.6 is 0 Å². The number of rotatable bonds is 6. The van der Waals surface area contributed by atoms with Crippen molar-refractivity contribution < 1.29 is 14.3 Å². The van der Waals surface area contributed by atoms with Gasteiger partial charge in [-0.1, -0.05) is 12.5 Å². The van der Waals surface area contributed by atoms with Crippen LogP contribution in [0.5, 0.6) is 5.75 Å². The molecule has 132 valence electrons. The Labute approximate surface area is 143 Å². The first-order valence-corrected chi connectivity index (χ1v) is 9.02. The van der Waals surface area contributed by atoms with Crippen LogP contribution in [-0.2, 0) is 9.53 Å². The van der Waals surface area contributed by atoms with Crippen LogP contribution in [0.4, 0.5) is 5.69 Å². The maximum absolute atomic E-state index is 12.4. The number of hydrogen-bond donors (Lipinski definition) is 2. The van der Waals surface area contributed by atoms with E-state index >= 15 is 0 Å². The maximum atomic E-state index is 12.4. The molecule has 1 saturated heterocycles. The van der Waals surface area contributed by atoms with Gasteiger partial charge in [-0.05, 0) is 56.2 Å². The number of nitrogens with one attached hydrogen (secondary N) is 1. The summed E-state index contributed by atoms with van der Waals surface area (Å²) >= 11 is 0. The van der Waals surface area contributed by atoms with Crippen LogP contribution in [0.25, 0.3) is 0 Å². The summed E-state index contributed by atoms with van der Waals surface area (Å²) < 4.78 is 11.5. The standard InChI is InChI=1S/C19H28N2O3/c1-13-7-8-17(18(10-13)24-12-15-5-3-9-23-15)21-19(22)11-14-4-2-6-16(14)20/h7-8,10,14-16H,2-6,9,11-12,20H2,1H3,(H,21,22)/t14-,15?,16+/m0/s1. The van der Waals surface area contributed by atoms with Gasteiger partial charge in [-0.3, -0.25) is 4.79 Å². The smallest absolute Gasteiger partial charge is 0.224 e. The molecule has 1 aliphatic heterocycles. The molecule has 2 aliphatic rings. The lowest BCUT2D eigenvalue weighted by Crippen LogP contribution is -2.28. The van der Waals surface area contributed by atoms with Gasteiger partial charge in [0, 0.05) is 19.1 Å². The largest absolute Gasteiger partial charge is 0.489 e. The van der Waals surface area contributed by atoms with Crippen molar-refractivity contribution in [2.24, 2.45) is 11.7 Å². The molecule has 1 saturated carbocycles. The van der Waals surface area contributed by atoms with Gasteiger partial charge in [0.15, 0.2) is 0 Å². The van der Waals surface area contributed by atoms with Gasteiger partial charge in [-0.2, -0.15) is 0 Å². The third-order valence-electron chi connectivity index (χ3n) is 5.03. The quantitative estimate of drug-likeness (QED) is 0.840. The number of carbonyl (C=O) groups is 1. The number of hydrogen-bond acceptors (Lipinski definition) is 4. The van der Waals surface area contributed by atoms with Crippen molar-refractivity contribution in [2.45, 2.75) is 57.6 Å². The zero-order valence-electron chi connectivity index (χ0n) is 14.4. The summed E-state index contributed by atoms with van der Waals surface area (Å²) in [4.78, 5) is 12.4. The van der Waals surface area contributed by atoms with Gasteiger partial charge < -0.3 is 20.5 Å². The lowest BCUT2D eigenvalue weighted by atomic mass is 10.00. The molecule has 24 heavy (non-hydrogen) atoms. The second kappa shape index (κ2) is 7.99. The summed E-state index contributed by atoms with van der Waals surface area (Å²) in [6.07, 6.45) is 5.97. The predicted octanol–water partition coefficient (Wildman–Crippen LogP) is 3.01. The Morgan fingerprint density at radius 3 is 2.92 bits per heavy atom. The number of aryl methyl sites for hydroxylation is 1. The molecule has 3 atom stereocenters. The minimum absolute atomic E-state index is 0.0168. The van der Waals surface area contributed by atoms with Crippen molar-refractivity contribution in [3.8, 4) is 5.75 Å². The van der Waals surface area contributed by atoms with E-state index in [1.54, 1.807) is 0 Å². The average Bonchev–Trinajstić information content (AvgIpc) is 3.20. The first-order valence-electron chi connectivity index (χ1n) is 9.02. The fourth-order valence-corrected chi connectivity index (χ4v) is 3.57. The fraction of sp³-hybridized carbons (Fsp3) is 0.632. The van der Waals surface area contributed by atoms with Crippen LogP contribution in [0, 0.1) is 12.8 Å². The minimum Gasteiger partial charge on any atom is -0.489 e. The number of amides is 1. The third kappa shape index (κ3) is 4.48. The first-order chi connectivity index (χ1) is 11.6. The Hall–Kier alpha value is -1.59. The summed E-state index contributed by atoms with van der Waals surface area (Å²) in [6, 6.07) is 6.01. The van der Waals surface area contributed by atoms with Crippen molar-refractivity contribution in [1.29, 1.82) is 0 Å². The lowest BCUT2D eigenvalue weighted by molar-refractivity contribution is -0.117. The van der Waals surface area contributed by atoms with E-state index in [4.69, 9.17) is 15.2 Å². The molecule has 0 radical (unpaired) electrons. The predicted molar refractivity (Wildman–Crippen MR) is 94.2 cm³/mol. The van der Waals surface area contributed by atoms with E-state index < -0.39 is 0 Å². The van der Waals surface area contributed by atoms with Crippen molar-refractivity contribution in [2.75, 3.05) is 18.5 Å². The third-order valence-corrected chi connectivity index (χ3v) is 5.03. The van der Waals surface area contributed by atoms with Gasteiger partial charge >= 0.3 is 0 Å². The Morgan fingerprint density at radius 2 is 2.21 bits per heavy atom. The molecule has 2 fully saturated rings. The van der Waals surface area contributed by atoms with Gasteiger partial charge in [0.05, 0.1) is 11.8 Å². The van der Waals surface area contributed by atoms with Gasteiger partial charge in [-0.25, -0.2) is 0 Å². The van der Waals surface area contributed by atoms with E-state index in [2.05, 4.69) is 5.32 Å². The molecule has 1 unspecified atom stereocenters. The van der Waals surface area contributed by atoms with E-state index in [-0.39, 0.29) is 18.1 Å². The van der Waals surface area contributed by atoms with Crippen LogP contribution in [-0.4, -0.2) is 31.3 Å². The highest BCUT2D eigenvalue weighted by Crippen LogP contribution is 2.30. The van der Waals surface area contributed by atoms with Crippen LogP contribution in [0.2, 0.25) is 0 Å². The van der Waals surface area contributed by atoms with E-state index in [9.17, 15) is 4.79 Å². The van der Waals surface area contributed by atoms with Crippen LogP contribution in [0.3, 0.4) is 0 Å². The van der Waals surface area contributed by atoms with Crippen molar-refractivity contribution in [3.63, 3.8) is 0 Å². The van der Waals surface area contributed by atoms with Gasteiger partial charge in [-0.15, -0.1) is 0 Å². The molecule has 5 heteroatoms. The molecule has 1 heterocycles. The molecule has 1 aromatic rings. The molecule has 0 bridgehead atoms. The van der Waals surface area contributed by atoms with E-state index in [1.165, 1.54) is 0 Å². The van der Waals surface area contributed by atoms with Gasteiger partial charge in [0.1, 0.15) is 12.4 Å². The first kappa shape index (κ1) is 17.2. The summed E-state index contributed by atoms with van der Waals surface area (Å²) in [7, 11) is 0. The molecule has 0 spiro atoms. The highest BCUT2D eigenvalue weighted by atomic mass is 16.5. The van der Waals surface area contributed by atoms with E-state index in [1.807, 2.05) is 25.1 Å². The van der Waals surface area contributed by atoms with Crippen LogP contribution < -0.4 is 15.8 Å². The summed E-state index contributed by atoms with van der Waals surface area (Å²) in [5.74, 6) is 1.03. The SMILES string of the molecule is Cc1ccc(NC(=O)C[C@@H]2CCC[C@H]2N)c(OCC2CCCO2)c1. The van der Waals surface area contributed by atoms with Crippen LogP contribution in [0.1, 0.15) is 44.1 Å². The normalized spacial score (nSPS) is 26.5. The Balaban J connectivity index is 1.60. The highest BCUT2D eigenvalue weighted by molar-refractivity contribution is 5.92. The number of ether oxygens (including phenoxy) is 2. The molecule has 1 aromatic carbocycles. The molecule has 3 rings (SSSR count). The zero-order valence-corrected chi connectivity index (χ0v) is 14.4. The summed E-state index contributed by atoms with van der Waals surface area (Å²) in [6.45, 7) is 3.36. The molecular weight excluding hydrogens is 304 g/mol. The fourth-order valence-electron chi connectivity index (χ4n) is 3.57. The van der Waals surface area contributed by atoms with Crippen molar-refractivity contribution >= 4 is 11.6 Å². The second-order valence-corrected chi connectivity index (χ2v) is 7.05. The van der Waals surface area contributed by atoms with E-state index in [0.29, 0.717) is 18.9 Å². The highest BCUT2D eigenvalue weighted by Gasteiger charge is 2.26. The number of nitrogens with two attached hydrogens (primary N) is 1. The van der Waals surface area contributed by atoms with Gasteiger partial charge in [0.25, 0.3) is 0 Å². The Kier molecular flexibility index (Phi) is 5.74. The summed E-state index contributed by atoms with van der Waals surface area (Å²) in [5, 5.41) is 3.00. The van der Waals surface area contributed by atoms with Crippen molar-refractivity contribution in [3.05, 3.63) is 23.8 Å². The molecule has 3 N–H and O–H groups in total. The Morgan fingerprint density at radius 1 is 1.33 bits per heavy atom. The van der Waals surface area contributed by atoms with Crippen molar-refractivity contribution in [1.82, 2.24) is 0 Å². The molecule has 0 aromatic heterocycles. The monoisotopic (exact) mass is 332 g/mol. The zero-order chi connectivity index (χ0) is 16.9. The topological polar surface area (TPSA) is 73.6 Å². The average molecular weight is 332 g/mol. The lowest BCUT2D eigenvalue weighted by Gasteiger charge is -2.18. The van der Waals surface area contributed by atoms with Crippen LogP contribution in [0.15, 0.2) is 18.2 Å². The number of carbonyl (C=O) groups excluding carboxylic acids is 1. The molecule has 1 aliphatic carbocycles. The molecular formula is C19H28N2O3. The number of anilines is 1.